The van der Waals surface area contributed by atoms with E-state index in [0.29, 0.717) is 0 Å². The normalized spacial score (nSPS) is 25.5. The number of rotatable bonds is 3. The van der Waals surface area contributed by atoms with Crippen LogP contribution in [0, 0.1) is 0 Å². The van der Waals surface area contributed by atoms with Gasteiger partial charge in [-0.15, -0.1) is 0 Å². The maximum Gasteiger partial charge on any atom is 0.243 e. The number of primary amides is 1. The predicted octanol–water partition coefficient (Wildman–Crippen LogP) is -0.0274. The van der Waals surface area contributed by atoms with Gasteiger partial charge in [0.25, 0.3) is 0 Å². The van der Waals surface area contributed by atoms with E-state index in [4.69, 9.17) is 10.5 Å². The van der Waals surface area contributed by atoms with Crippen LogP contribution < -0.4 is 5.73 Å². The summed E-state index contributed by atoms with van der Waals surface area (Å²) in [6, 6.07) is 0. The number of nitrogens with zero attached hydrogens (tertiary/aromatic N) is 1. The molecule has 0 aromatic heterocycles. The molecule has 1 aliphatic heterocycles. The molecule has 13 heavy (non-hydrogen) atoms. The molecule has 1 heterocycles. The molecule has 1 aliphatic rings. The van der Waals surface area contributed by atoms with Crippen molar-refractivity contribution >= 4 is 5.91 Å². The molecular formula is C9H18N2O2. The Morgan fingerprint density at radius 2 is 2.38 bits per heavy atom. The number of likely N-dealkylation sites (N-methyl/N-ethyl adjacent to an activating group) is 1. The molecule has 0 saturated carbocycles. The molecule has 1 unspecified atom stereocenters. The Labute approximate surface area is 79.0 Å². The van der Waals surface area contributed by atoms with E-state index >= 15 is 0 Å². The quantitative estimate of drug-likeness (QED) is 0.673. The summed E-state index contributed by atoms with van der Waals surface area (Å²) >= 11 is 0. The van der Waals surface area contributed by atoms with Gasteiger partial charge < -0.3 is 15.4 Å². The third kappa shape index (κ3) is 4.24. The van der Waals surface area contributed by atoms with Crippen LogP contribution in [0.25, 0.3) is 0 Å². The van der Waals surface area contributed by atoms with Crippen LogP contribution in [0.1, 0.15) is 19.3 Å². The van der Waals surface area contributed by atoms with Crippen LogP contribution in [-0.2, 0) is 9.53 Å². The van der Waals surface area contributed by atoms with Crippen LogP contribution >= 0.6 is 0 Å². The average Bonchev–Trinajstić information content (AvgIpc) is 2.26. The third-order valence-electron chi connectivity index (χ3n) is 2.29. The summed E-state index contributed by atoms with van der Waals surface area (Å²) in [5, 5.41) is 0. The van der Waals surface area contributed by atoms with Gasteiger partial charge in [-0.2, -0.15) is 0 Å². The number of hydrogen-bond donors (Lipinski definition) is 1. The Morgan fingerprint density at radius 1 is 1.62 bits per heavy atom. The molecule has 0 aromatic rings. The Bertz CT molecular complexity index is 173. The van der Waals surface area contributed by atoms with Gasteiger partial charge in [0.05, 0.1) is 6.10 Å². The van der Waals surface area contributed by atoms with E-state index in [0.717, 1.165) is 19.5 Å². The Morgan fingerprint density at radius 3 is 3.08 bits per heavy atom. The van der Waals surface area contributed by atoms with Gasteiger partial charge in [0.2, 0.25) is 5.91 Å². The van der Waals surface area contributed by atoms with E-state index in [1.807, 2.05) is 0 Å². The summed E-state index contributed by atoms with van der Waals surface area (Å²) in [4.78, 5) is 12.7. The first kappa shape index (κ1) is 10.5. The van der Waals surface area contributed by atoms with Crippen molar-refractivity contribution in [3.8, 4) is 0 Å². The molecule has 1 rings (SSSR count). The summed E-state index contributed by atoms with van der Waals surface area (Å²) in [6.07, 6.45) is 3.61. The maximum atomic E-state index is 10.5. The lowest BCUT2D eigenvalue weighted by molar-refractivity contribution is -0.124. The highest BCUT2D eigenvalue weighted by atomic mass is 16.5. The molecule has 4 nitrogen and oxygen atoms in total. The highest BCUT2D eigenvalue weighted by Crippen LogP contribution is 2.11. The van der Waals surface area contributed by atoms with Gasteiger partial charge in [-0.3, -0.25) is 4.79 Å². The largest absolute Gasteiger partial charge is 0.368 e. The summed E-state index contributed by atoms with van der Waals surface area (Å²) in [5.74, 6) is -0.382. The average molecular weight is 186 g/mol. The number of ether oxygens (including phenoxy) is 1. The zero-order valence-corrected chi connectivity index (χ0v) is 8.16. The van der Waals surface area contributed by atoms with E-state index in [1.165, 1.54) is 12.8 Å². The molecule has 1 atom stereocenters. The lowest BCUT2D eigenvalue weighted by Crippen LogP contribution is -2.31. The smallest absolute Gasteiger partial charge is 0.243 e. The first-order chi connectivity index (χ1) is 6.18. The molecule has 0 spiro atoms. The number of carbonyl (C=O) groups is 1. The summed E-state index contributed by atoms with van der Waals surface area (Å²) in [7, 11) is 2.08. The maximum absolute atomic E-state index is 10.5. The van der Waals surface area contributed by atoms with E-state index < -0.39 is 0 Å². The molecule has 1 amide bonds. The topological polar surface area (TPSA) is 55.6 Å². The molecule has 0 aromatic carbocycles. The predicted molar refractivity (Wildman–Crippen MR) is 50.3 cm³/mol. The van der Waals surface area contributed by atoms with Crippen LogP contribution in [-0.4, -0.2) is 43.7 Å². The minimum atomic E-state index is -0.382. The van der Waals surface area contributed by atoms with Crippen LogP contribution in [0.3, 0.4) is 0 Å². The molecular weight excluding hydrogens is 168 g/mol. The number of carbonyl (C=O) groups excluding carboxylic acids is 1. The van der Waals surface area contributed by atoms with Crippen molar-refractivity contribution in [3.05, 3.63) is 0 Å². The van der Waals surface area contributed by atoms with Crippen molar-refractivity contribution in [2.24, 2.45) is 5.73 Å². The molecule has 1 saturated heterocycles. The second-order valence-electron chi connectivity index (χ2n) is 3.66. The number of amides is 1. The van der Waals surface area contributed by atoms with Crippen LogP contribution in [0.4, 0.5) is 0 Å². The van der Waals surface area contributed by atoms with Gasteiger partial charge in [0, 0.05) is 6.54 Å². The molecule has 0 radical (unpaired) electrons. The number of nitrogens with two attached hydrogens (primary N) is 1. The van der Waals surface area contributed by atoms with Gasteiger partial charge in [-0.1, -0.05) is 0 Å². The fourth-order valence-electron chi connectivity index (χ4n) is 1.62. The van der Waals surface area contributed by atoms with E-state index in [2.05, 4.69) is 11.9 Å². The first-order valence-electron chi connectivity index (χ1n) is 4.77. The molecule has 1 fully saturated rings. The molecule has 76 valence electrons. The Hall–Kier alpha value is -0.610. The monoisotopic (exact) mass is 186 g/mol. The lowest BCUT2D eigenvalue weighted by atomic mass is 10.2. The van der Waals surface area contributed by atoms with E-state index in [9.17, 15) is 4.79 Å². The zero-order valence-electron chi connectivity index (χ0n) is 8.16. The Kier molecular flexibility index (Phi) is 4.18. The van der Waals surface area contributed by atoms with Gasteiger partial charge in [0.1, 0.15) is 6.61 Å². The molecule has 2 N–H and O–H groups in total. The summed E-state index contributed by atoms with van der Waals surface area (Å²) in [5.41, 5.74) is 5.01. The van der Waals surface area contributed by atoms with E-state index in [-0.39, 0.29) is 18.6 Å². The van der Waals surface area contributed by atoms with Crippen molar-refractivity contribution < 1.29 is 9.53 Å². The first-order valence-corrected chi connectivity index (χ1v) is 4.77. The van der Waals surface area contributed by atoms with Crippen LogP contribution in [0.5, 0.6) is 0 Å². The Balaban J connectivity index is 2.26. The minimum absolute atomic E-state index is 0.0541. The van der Waals surface area contributed by atoms with Crippen molar-refractivity contribution in [2.45, 2.75) is 25.4 Å². The van der Waals surface area contributed by atoms with Gasteiger partial charge in [-0.25, -0.2) is 0 Å². The molecule has 0 aliphatic carbocycles. The number of hydrogen-bond acceptors (Lipinski definition) is 3. The second-order valence-corrected chi connectivity index (χ2v) is 3.66. The van der Waals surface area contributed by atoms with Gasteiger partial charge in [-0.05, 0) is 32.9 Å². The standard InChI is InChI=1S/C9H18N2O2/c1-11-5-3-2-4-8(6-11)13-7-9(10)12/h8H,2-7H2,1H3,(H2,10,12). The highest BCUT2D eigenvalue weighted by molar-refractivity contribution is 5.75. The van der Waals surface area contributed by atoms with Crippen molar-refractivity contribution in [2.75, 3.05) is 26.7 Å². The summed E-state index contributed by atoms with van der Waals surface area (Å²) in [6.45, 7) is 2.09. The second kappa shape index (κ2) is 5.19. The fourth-order valence-corrected chi connectivity index (χ4v) is 1.62. The fraction of sp³-hybridized carbons (Fsp3) is 0.889. The van der Waals surface area contributed by atoms with Crippen molar-refractivity contribution in [1.82, 2.24) is 4.90 Å². The van der Waals surface area contributed by atoms with Crippen LogP contribution in [0.2, 0.25) is 0 Å². The molecule has 0 bridgehead atoms. The summed E-state index contributed by atoms with van der Waals surface area (Å²) < 4.78 is 5.38. The number of likely N-dealkylation sites (tertiary alicyclic amines) is 1. The third-order valence-corrected chi connectivity index (χ3v) is 2.29. The van der Waals surface area contributed by atoms with Crippen molar-refractivity contribution in [1.29, 1.82) is 0 Å². The van der Waals surface area contributed by atoms with Gasteiger partial charge in [0.15, 0.2) is 0 Å². The van der Waals surface area contributed by atoms with Crippen LogP contribution in [0.15, 0.2) is 0 Å². The molecule has 4 heteroatoms. The minimum Gasteiger partial charge on any atom is -0.368 e. The highest BCUT2D eigenvalue weighted by Gasteiger charge is 2.16. The lowest BCUT2D eigenvalue weighted by Gasteiger charge is -2.19. The van der Waals surface area contributed by atoms with Gasteiger partial charge >= 0.3 is 0 Å². The SMILES string of the molecule is CN1CCCCC(OCC(N)=O)C1. The van der Waals surface area contributed by atoms with E-state index in [1.54, 1.807) is 0 Å². The zero-order chi connectivity index (χ0) is 9.68. The van der Waals surface area contributed by atoms with Crippen molar-refractivity contribution in [3.63, 3.8) is 0 Å².